The fraction of sp³-hybridized carbons (Fsp3) is 0.455. The van der Waals surface area contributed by atoms with Crippen LogP contribution in [0.2, 0.25) is 0 Å². The molecule has 0 fully saturated rings. The van der Waals surface area contributed by atoms with Crippen molar-refractivity contribution in [2.75, 3.05) is 6.54 Å². The quantitative estimate of drug-likeness (QED) is 0.837. The molecule has 0 aliphatic carbocycles. The van der Waals surface area contributed by atoms with Gasteiger partial charge in [-0.15, -0.1) is 12.4 Å². The second kappa shape index (κ2) is 6.77. The first kappa shape index (κ1) is 14.4. The van der Waals surface area contributed by atoms with Gasteiger partial charge < -0.3 is 11.5 Å². The Labute approximate surface area is 96.3 Å². The highest BCUT2D eigenvalue weighted by Gasteiger charge is 2.07. The Morgan fingerprint density at radius 3 is 2.60 bits per heavy atom. The highest BCUT2D eigenvalue weighted by Crippen LogP contribution is 2.18. The van der Waals surface area contributed by atoms with Crippen LogP contribution in [0.25, 0.3) is 0 Å². The van der Waals surface area contributed by atoms with Gasteiger partial charge in [0.15, 0.2) is 0 Å². The van der Waals surface area contributed by atoms with Gasteiger partial charge in [0, 0.05) is 6.04 Å². The van der Waals surface area contributed by atoms with E-state index in [1.807, 2.05) is 6.07 Å². The van der Waals surface area contributed by atoms with Crippen LogP contribution in [-0.2, 0) is 0 Å². The summed E-state index contributed by atoms with van der Waals surface area (Å²) in [6.07, 6.45) is 1.68. The van der Waals surface area contributed by atoms with Gasteiger partial charge in [-0.2, -0.15) is 0 Å². The van der Waals surface area contributed by atoms with E-state index in [0.29, 0.717) is 12.1 Å². The predicted molar refractivity (Wildman–Crippen MR) is 63.6 cm³/mol. The minimum Gasteiger partial charge on any atom is -0.330 e. The predicted octanol–water partition coefficient (Wildman–Crippen LogP) is 2.29. The Kier molecular flexibility index (Phi) is 6.48. The molecular formula is C11H18ClFN2. The molecule has 0 unspecified atom stereocenters. The zero-order valence-corrected chi connectivity index (χ0v) is 9.69. The summed E-state index contributed by atoms with van der Waals surface area (Å²) in [5.74, 6) is -0.189. The van der Waals surface area contributed by atoms with E-state index in [0.717, 1.165) is 18.4 Å². The summed E-state index contributed by atoms with van der Waals surface area (Å²) in [6.45, 7) is 2.37. The molecule has 0 saturated heterocycles. The normalized spacial score (nSPS) is 12.0. The molecule has 0 aliphatic heterocycles. The molecule has 0 saturated carbocycles. The van der Waals surface area contributed by atoms with Gasteiger partial charge in [0.2, 0.25) is 0 Å². The molecule has 0 aromatic heterocycles. The minimum absolute atomic E-state index is 0. The van der Waals surface area contributed by atoms with E-state index in [9.17, 15) is 4.39 Å². The molecule has 4 N–H and O–H groups in total. The summed E-state index contributed by atoms with van der Waals surface area (Å²) in [7, 11) is 0. The first-order valence-corrected chi connectivity index (χ1v) is 4.87. The Morgan fingerprint density at radius 2 is 2.07 bits per heavy atom. The molecule has 0 bridgehead atoms. The van der Waals surface area contributed by atoms with E-state index in [1.54, 1.807) is 13.0 Å². The molecule has 1 aromatic carbocycles. The Hall–Kier alpha value is -0.640. The smallest absolute Gasteiger partial charge is 0.126 e. The molecule has 0 radical (unpaired) electrons. The number of halogens is 2. The lowest BCUT2D eigenvalue weighted by Crippen LogP contribution is -2.12. The third-order valence-electron chi connectivity index (χ3n) is 2.34. The summed E-state index contributed by atoms with van der Waals surface area (Å²) in [5.41, 5.74) is 12.8. The summed E-state index contributed by atoms with van der Waals surface area (Å²) >= 11 is 0. The minimum atomic E-state index is -0.189. The first-order valence-electron chi connectivity index (χ1n) is 4.87. The van der Waals surface area contributed by atoms with Gasteiger partial charge in [0.05, 0.1) is 0 Å². The van der Waals surface area contributed by atoms with Crippen LogP contribution in [0, 0.1) is 12.7 Å². The number of aryl methyl sites for hydroxylation is 1. The van der Waals surface area contributed by atoms with Gasteiger partial charge in [-0.3, -0.25) is 0 Å². The summed E-state index contributed by atoms with van der Waals surface area (Å²) in [4.78, 5) is 0. The molecule has 1 atom stereocenters. The largest absolute Gasteiger partial charge is 0.330 e. The molecule has 15 heavy (non-hydrogen) atoms. The van der Waals surface area contributed by atoms with Crippen molar-refractivity contribution in [3.8, 4) is 0 Å². The van der Waals surface area contributed by atoms with E-state index < -0.39 is 0 Å². The number of hydrogen-bond donors (Lipinski definition) is 2. The van der Waals surface area contributed by atoms with E-state index in [1.165, 1.54) is 6.07 Å². The van der Waals surface area contributed by atoms with Crippen LogP contribution in [0.4, 0.5) is 4.39 Å². The molecule has 0 heterocycles. The van der Waals surface area contributed by atoms with Crippen LogP contribution in [-0.4, -0.2) is 6.54 Å². The highest BCUT2D eigenvalue weighted by atomic mass is 35.5. The van der Waals surface area contributed by atoms with E-state index in [2.05, 4.69) is 0 Å². The van der Waals surface area contributed by atoms with E-state index >= 15 is 0 Å². The molecule has 86 valence electrons. The first-order chi connectivity index (χ1) is 6.65. The van der Waals surface area contributed by atoms with Crippen molar-refractivity contribution >= 4 is 12.4 Å². The Bertz CT molecular complexity index is 305. The van der Waals surface area contributed by atoms with Gasteiger partial charge in [-0.05, 0) is 43.5 Å². The third-order valence-corrected chi connectivity index (χ3v) is 2.34. The lowest BCUT2D eigenvalue weighted by Gasteiger charge is -2.11. The number of nitrogens with two attached hydrogens (primary N) is 2. The number of rotatable bonds is 4. The number of hydrogen-bond acceptors (Lipinski definition) is 2. The van der Waals surface area contributed by atoms with Gasteiger partial charge in [0.1, 0.15) is 5.82 Å². The molecule has 0 amide bonds. The van der Waals surface area contributed by atoms with Crippen molar-refractivity contribution in [1.82, 2.24) is 0 Å². The molecule has 4 heteroatoms. The van der Waals surface area contributed by atoms with Crippen LogP contribution in [0.5, 0.6) is 0 Å². The van der Waals surface area contributed by atoms with Crippen molar-refractivity contribution in [2.45, 2.75) is 25.8 Å². The summed E-state index contributed by atoms with van der Waals surface area (Å²) < 4.78 is 13.2. The van der Waals surface area contributed by atoms with Gasteiger partial charge in [-0.1, -0.05) is 12.1 Å². The maximum Gasteiger partial charge on any atom is 0.126 e. The fourth-order valence-corrected chi connectivity index (χ4v) is 1.34. The highest BCUT2D eigenvalue weighted by molar-refractivity contribution is 5.85. The van der Waals surface area contributed by atoms with Crippen molar-refractivity contribution in [3.63, 3.8) is 0 Å². The SMILES string of the molecule is Cc1ccc([C@H](N)CCCN)cc1F.Cl. The summed E-state index contributed by atoms with van der Waals surface area (Å²) in [6, 6.07) is 5.04. The molecular weight excluding hydrogens is 215 g/mol. The lowest BCUT2D eigenvalue weighted by atomic mass is 10.0. The van der Waals surface area contributed by atoms with Crippen LogP contribution < -0.4 is 11.5 Å². The number of benzene rings is 1. The van der Waals surface area contributed by atoms with Crippen LogP contribution in [0.15, 0.2) is 18.2 Å². The maximum absolute atomic E-state index is 13.2. The lowest BCUT2D eigenvalue weighted by molar-refractivity contribution is 0.592. The van der Waals surface area contributed by atoms with Crippen molar-refractivity contribution < 1.29 is 4.39 Å². The van der Waals surface area contributed by atoms with Gasteiger partial charge in [-0.25, -0.2) is 4.39 Å². The van der Waals surface area contributed by atoms with Crippen LogP contribution in [0.1, 0.15) is 30.0 Å². The van der Waals surface area contributed by atoms with Gasteiger partial charge >= 0.3 is 0 Å². The monoisotopic (exact) mass is 232 g/mol. The molecule has 0 aliphatic rings. The Morgan fingerprint density at radius 1 is 1.40 bits per heavy atom. The van der Waals surface area contributed by atoms with Crippen molar-refractivity contribution in [2.24, 2.45) is 11.5 Å². The second-order valence-corrected chi connectivity index (χ2v) is 3.55. The molecule has 1 rings (SSSR count). The van der Waals surface area contributed by atoms with Crippen LogP contribution in [0.3, 0.4) is 0 Å². The molecule has 1 aromatic rings. The van der Waals surface area contributed by atoms with E-state index in [4.69, 9.17) is 11.5 Å². The molecule has 0 spiro atoms. The standard InChI is InChI=1S/C11H17FN2.ClH/c1-8-4-5-9(7-10(8)12)11(14)3-2-6-13;/h4-5,7,11H,2-3,6,13-14H2,1H3;1H/t11-;/m1./s1. The molecule has 2 nitrogen and oxygen atoms in total. The van der Waals surface area contributed by atoms with Gasteiger partial charge in [0.25, 0.3) is 0 Å². The zero-order chi connectivity index (χ0) is 10.6. The van der Waals surface area contributed by atoms with Crippen molar-refractivity contribution in [3.05, 3.63) is 35.1 Å². The third kappa shape index (κ3) is 4.16. The second-order valence-electron chi connectivity index (χ2n) is 3.55. The zero-order valence-electron chi connectivity index (χ0n) is 8.87. The van der Waals surface area contributed by atoms with Crippen LogP contribution >= 0.6 is 12.4 Å². The topological polar surface area (TPSA) is 52.0 Å². The Balaban J connectivity index is 0.00000196. The average molecular weight is 233 g/mol. The fourth-order valence-electron chi connectivity index (χ4n) is 1.34. The average Bonchev–Trinajstić information content (AvgIpc) is 2.18. The summed E-state index contributed by atoms with van der Waals surface area (Å²) in [5, 5.41) is 0. The van der Waals surface area contributed by atoms with E-state index in [-0.39, 0.29) is 24.3 Å². The maximum atomic E-state index is 13.2. The van der Waals surface area contributed by atoms with Crippen molar-refractivity contribution in [1.29, 1.82) is 0 Å².